The van der Waals surface area contributed by atoms with Gasteiger partial charge in [0.05, 0.1) is 18.2 Å². The van der Waals surface area contributed by atoms with E-state index in [4.69, 9.17) is 0 Å². The predicted octanol–water partition coefficient (Wildman–Crippen LogP) is 4.28. The monoisotopic (exact) mass is 364 g/mol. The van der Waals surface area contributed by atoms with Gasteiger partial charge < -0.3 is 10.0 Å². The van der Waals surface area contributed by atoms with Gasteiger partial charge in [-0.15, -0.1) is 13.2 Å². The van der Waals surface area contributed by atoms with Gasteiger partial charge >= 0.3 is 0 Å². The van der Waals surface area contributed by atoms with E-state index in [1.54, 1.807) is 17.8 Å². The second-order valence-corrected chi connectivity index (χ2v) is 7.18. The first-order valence-electron chi connectivity index (χ1n) is 8.69. The quantitative estimate of drug-likeness (QED) is 0.745. The molecule has 0 aromatic heterocycles. The number of hydrogen-bond acceptors (Lipinski definition) is 3. The highest BCUT2D eigenvalue weighted by Crippen LogP contribution is 2.44. The molecule has 1 N–H and O–H groups in total. The number of aliphatic hydroxyl groups is 1. The van der Waals surface area contributed by atoms with Crippen molar-refractivity contribution in [2.75, 3.05) is 18.8 Å². The molecule has 0 radical (unpaired) electrons. The number of nitrogens with zero attached hydrogens (tertiary/aromatic N) is 2. The fraction of sp³-hybridized carbons (Fsp3) is 0.227. The summed E-state index contributed by atoms with van der Waals surface area (Å²) in [6, 6.07) is 20.4. The van der Waals surface area contributed by atoms with Gasteiger partial charge in [0.25, 0.3) is 0 Å². The molecule has 134 valence electrons. The first-order valence-corrected chi connectivity index (χ1v) is 9.68. The Hall–Kier alpha value is -2.30. The van der Waals surface area contributed by atoms with Crippen molar-refractivity contribution >= 4 is 16.9 Å². The van der Waals surface area contributed by atoms with Crippen molar-refractivity contribution in [3.8, 4) is 0 Å². The third-order valence-corrected chi connectivity index (χ3v) is 5.68. The van der Waals surface area contributed by atoms with Crippen molar-refractivity contribution in [3.05, 3.63) is 97.1 Å². The molecule has 0 saturated carbocycles. The highest BCUT2D eigenvalue weighted by molar-refractivity contribution is 8.14. The van der Waals surface area contributed by atoms with E-state index in [1.807, 2.05) is 47.4 Å². The molecule has 0 amide bonds. The zero-order valence-electron chi connectivity index (χ0n) is 14.8. The number of amidine groups is 1. The van der Waals surface area contributed by atoms with Gasteiger partial charge in [-0.05, 0) is 11.1 Å². The van der Waals surface area contributed by atoms with Crippen LogP contribution in [0.25, 0.3) is 0 Å². The van der Waals surface area contributed by atoms with Crippen LogP contribution in [0, 0.1) is 0 Å². The minimum atomic E-state index is -1.08. The van der Waals surface area contributed by atoms with Crippen LogP contribution in [-0.4, -0.2) is 39.7 Å². The summed E-state index contributed by atoms with van der Waals surface area (Å²) >= 11 is 1.59. The Bertz CT molecular complexity index is 736. The van der Waals surface area contributed by atoms with Crippen LogP contribution in [0.15, 0.2) is 91.0 Å². The van der Waals surface area contributed by atoms with Crippen LogP contribution in [0.5, 0.6) is 0 Å². The van der Waals surface area contributed by atoms with Crippen molar-refractivity contribution in [2.45, 2.75) is 11.6 Å². The van der Waals surface area contributed by atoms with Crippen molar-refractivity contribution in [2.24, 2.45) is 4.99 Å². The van der Waals surface area contributed by atoms with Crippen molar-refractivity contribution in [1.29, 1.82) is 0 Å². The highest BCUT2D eigenvalue weighted by Gasteiger charge is 2.49. The lowest BCUT2D eigenvalue weighted by atomic mass is 9.82. The zero-order chi connectivity index (χ0) is 18.4. The molecule has 3 rings (SSSR count). The number of aliphatic imine (C=N–C) groups is 1. The fourth-order valence-electron chi connectivity index (χ4n) is 3.39. The van der Waals surface area contributed by atoms with Gasteiger partial charge in [0.1, 0.15) is 0 Å². The van der Waals surface area contributed by atoms with E-state index in [1.165, 1.54) is 0 Å². The van der Waals surface area contributed by atoms with Crippen LogP contribution in [0.4, 0.5) is 0 Å². The van der Waals surface area contributed by atoms with Crippen LogP contribution in [0.1, 0.15) is 17.0 Å². The van der Waals surface area contributed by atoms with E-state index in [0.29, 0.717) is 18.8 Å². The predicted molar refractivity (Wildman–Crippen MR) is 112 cm³/mol. The molecular weight excluding hydrogens is 340 g/mol. The maximum absolute atomic E-state index is 11.9. The Labute approximate surface area is 159 Å². The molecule has 2 aromatic rings. The molecule has 2 aromatic carbocycles. The summed E-state index contributed by atoms with van der Waals surface area (Å²) in [7, 11) is 0. The molecule has 4 heteroatoms. The summed E-state index contributed by atoms with van der Waals surface area (Å²) in [5, 5.41) is 12.7. The molecule has 1 aliphatic heterocycles. The summed E-state index contributed by atoms with van der Waals surface area (Å²) in [6.45, 7) is 8.69. The smallest absolute Gasteiger partial charge is 0.162 e. The van der Waals surface area contributed by atoms with Crippen LogP contribution in [0.2, 0.25) is 0 Å². The van der Waals surface area contributed by atoms with Crippen molar-refractivity contribution in [1.82, 2.24) is 4.90 Å². The highest BCUT2D eigenvalue weighted by atomic mass is 32.2. The summed E-state index contributed by atoms with van der Waals surface area (Å²) < 4.78 is 0. The Kier molecular flexibility index (Phi) is 5.96. The molecule has 1 saturated heterocycles. The van der Waals surface area contributed by atoms with E-state index in [-0.39, 0.29) is 5.92 Å². The molecule has 0 aliphatic carbocycles. The van der Waals surface area contributed by atoms with Gasteiger partial charge in [-0.3, -0.25) is 4.99 Å². The Morgan fingerprint density at radius 1 is 1.04 bits per heavy atom. The average Bonchev–Trinajstić information content (AvgIpc) is 2.99. The summed E-state index contributed by atoms with van der Waals surface area (Å²) in [5.41, 5.74) is 1.09. The summed E-state index contributed by atoms with van der Waals surface area (Å²) in [6.07, 6.45) is 3.58. The van der Waals surface area contributed by atoms with Gasteiger partial charge in [-0.2, -0.15) is 0 Å². The molecule has 1 fully saturated rings. The van der Waals surface area contributed by atoms with Crippen LogP contribution in [-0.2, 0) is 0 Å². The van der Waals surface area contributed by atoms with E-state index in [0.717, 1.165) is 16.3 Å². The largest absolute Gasteiger partial charge is 0.369 e. The van der Waals surface area contributed by atoms with Gasteiger partial charge in [0.15, 0.2) is 10.9 Å². The normalized spacial score (nSPS) is 21.3. The van der Waals surface area contributed by atoms with Crippen molar-refractivity contribution < 1.29 is 5.11 Å². The maximum atomic E-state index is 11.9. The van der Waals surface area contributed by atoms with E-state index < -0.39 is 5.72 Å². The van der Waals surface area contributed by atoms with E-state index >= 15 is 0 Å². The second-order valence-electron chi connectivity index (χ2n) is 6.23. The summed E-state index contributed by atoms with van der Waals surface area (Å²) in [5.74, 6) is 0.361. The van der Waals surface area contributed by atoms with Crippen LogP contribution < -0.4 is 0 Å². The van der Waals surface area contributed by atoms with Crippen LogP contribution >= 0.6 is 11.8 Å². The number of thioether (sulfide) groups is 1. The van der Waals surface area contributed by atoms with Gasteiger partial charge in [-0.1, -0.05) is 84.6 Å². The Morgan fingerprint density at radius 3 is 2.12 bits per heavy atom. The van der Waals surface area contributed by atoms with E-state index in [2.05, 4.69) is 42.4 Å². The Morgan fingerprint density at radius 2 is 1.62 bits per heavy atom. The number of hydrogen-bond donors (Lipinski definition) is 1. The minimum Gasteiger partial charge on any atom is -0.369 e. The lowest BCUT2D eigenvalue weighted by Gasteiger charge is -2.40. The molecule has 3 nitrogen and oxygen atoms in total. The SMILES string of the molecule is C=CC/N=C1\SCC(O)(C(c2ccccc2)c2ccccc2)N1CC=C. The third-order valence-electron chi connectivity index (χ3n) is 4.51. The minimum absolute atomic E-state index is 0.186. The molecule has 1 atom stereocenters. The van der Waals surface area contributed by atoms with Crippen molar-refractivity contribution in [3.63, 3.8) is 0 Å². The van der Waals surface area contributed by atoms with Gasteiger partial charge in [-0.25, -0.2) is 0 Å². The van der Waals surface area contributed by atoms with Crippen LogP contribution in [0.3, 0.4) is 0 Å². The average molecular weight is 365 g/mol. The first-order chi connectivity index (χ1) is 12.7. The first kappa shape index (κ1) is 18.5. The Balaban J connectivity index is 2.10. The fourth-order valence-corrected chi connectivity index (χ4v) is 4.61. The topological polar surface area (TPSA) is 35.8 Å². The number of rotatable bonds is 7. The standard InChI is InChI=1S/C22H24N2OS/c1-3-15-23-21-24(16-4-2)22(25,17-26-21)20(18-11-7-5-8-12-18)19-13-9-6-10-14-19/h3-14,20,25H,1-2,15-17H2/b23-21-. The van der Waals surface area contributed by atoms with Gasteiger partial charge in [0, 0.05) is 6.54 Å². The molecule has 1 aliphatic rings. The third kappa shape index (κ3) is 3.62. The molecule has 0 bridgehead atoms. The molecular formula is C22H24N2OS. The lowest BCUT2D eigenvalue weighted by Crippen LogP contribution is -2.52. The lowest BCUT2D eigenvalue weighted by molar-refractivity contribution is -0.0504. The van der Waals surface area contributed by atoms with E-state index in [9.17, 15) is 5.11 Å². The maximum Gasteiger partial charge on any atom is 0.162 e. The zero-order valence-corrected chi connectivity index (χ0v) is 15.6. The number of benzene rings is 2. The molecule has 26 heavy (non-hydrogen) atoms. The molecule has 1 unspecified atom stereocenters. The second kappa shape index (κ2) is 8.39. The molecule has 0 spiro atoms. The van der Waals surface area contributed by atoms with Gasteiger partial charge in [0.2, 0.25) is 0 Å². The summed E-state index contributed by atoms with van der Waals surface area (Å²) in [4.78, 5) is 6.56. The molecule has 1 heterocycles.